The number of hydrogen-bond acceptors (Lipinski definition) is 9. The molecule has 2 aromatic carbocycles. The fourth-order valence-corrected chi connectivity index (χ4v) is 2.71. The molecule has 176 valence electrons. The number of ether oxygens (including phenoxy) is 4. The van der Waals surface area contributed by atoms with Gasteiger partial charge in [0.05, 0.1) is 14.2 Å². The fraction of sp³-hybridized carbons (Fsp3) is 0.160. The Hall–Kier alpha value is -4.53. The van der Waals surface area contributed by atoms with Crippen LogP contribution in [0.3, 0.4) is 0 Å². The monoisotopic (exact) mass is 465 g/mol. The lowest BCUT2D eigenvalue weighted by atomic mass is 10.1. The topological polar surface area (TPSA) is 118 Å². The molecule has 0 saturated heterocycles. The standard InChI is InChI=1S/C25H23NO8/c1-16(27)33-22-11-7-18(13-24(22)31-3)5-9-20(26-30)15-21(29)10-6-19-8-12-23(34-17(2)28)25(14-19)32-4/h5-15H,1-4H3/b9-5+,10-6+,20-15-. The van der Waals surface area contributed by atoms with Gasteiger partial charge in [-0.25, -0.2) is 0 Å². The van der Waals surface area contributed by atoms with Crippen LogP contribution in [0.25, 0.3) is 12.2 Å². The average molecular weight is 465 g/mol. The number of rotatable bonds is 10. The molecule has 34 heavy (non-hydrogen) atoms. The summed E-state index contributed by atoms with van der Waals surface area (Å²) in [6.45, 7) is 2.56. The minimum atomic E-state index is -0.484. The minimum absolute atomic E-state index is 0.0968. The van der Waals surface area contributed by atoms with Crippen molar-refractivity contribution in [2.45, 2.75) is 13.8 Å². The molecule has 0 spiro atoms. The first-order valence-corrected chi connectivity index (χ1v) is 9.93. The molecule has 0 unspecified atom stereocenters. The van der Waals surface area contributed by atoms with E-state index in [1.165, 1.54) is 46.3 Å². The molecular weight excluding hydrogens is 442 g/mol. The highest BCUT2D eigenvalue weighted by molar-refractivity contribution is 6.02. The third-order valence-corrected chi connectivity index (χ3v) is 4.16. The summed E-state index contributed by atoms with van der Waals surface area (Å²) >= 11 is 0. The third kappa shape index (κ3) is 7.86. The summed E-state index contributed by atoms with van der Waals surface area (Å²) in [4.78, 5) is 45.7. The molecule has 0 aromatic heterocycles. The van der Waals surface area contributed by atoms with Crippen LogP contribution in [0.4, 0.5) is 0 Å². The van der Waals surface area contributed by atoms with Crippen LogP contribution >= 0.6 is 0 Å². The first-order chi connectivity index (χ1) is 16.2. The smallest absolute Gasteiger partial charge is 0.308 e. The molecule has 0 aliphatic rings. The number of carbonyl (C=O) groups excluding carboxylic acids is 3. The Labute approximate surface area is 196 Å². The molecule has 0 aliphatic heterocycles. The van der Waals surface area contributed by atoms with Crippen molar-refractivity contribution < 1.29 is 33.3 Å². The number of nitrogens with zero attached hydrogens (tertiary/aromatic N) is 1. The Morgan fingerprint density at radius 2 is 1.21 bits per heavy atom. The molecule has 2 rings (SSSR count). The zero-order valence-electron chi connectivity index (χ0n) is 19.1. The maximum absolute atomic E-state index is 12.2. The summed E-state index contributed by atoms with van der Waals surface area (Å²) in [7, 11) is 2.86. The second-order valence-corrected chi connectivity index (χ2v) is 6.74. The van der Waals surface area contributed by atoms with E-state index in [2.05, 4.69) is 5.18 Å². The molecule has 0 radical (unpaired) electrons. The number of methoxy groups -OCH3 is 2. The van der Waals surface area contributed by atoms with Gasteiger partial charge < -0.3 is 18.9 Å². The molecule has 9 nitrogen and oxygen atoms in total. The van der Waals surface area contributed by atoms with Crippen molar-refractivity contribution in [2.75, 3.05) is 14.2 Å². The van der Waals surface area contributed by atoms with Crippen molar-refractivity contribution in [1.29, 1.82) is 0 Å². The quantitative estimate of drug-likeness (QED) is 0.165. The number of allylic oxidation sites excluding steroid dienone is 3. The van der Waals surface area contributed by atoms with E-state index in [1.807, 2.05) is 0 Å². The van der Waals surface area contributed by atoms with Gasteiger partial charge in [0.15, 0.2) is 28.8 Å². The van der Waals surface area contributed by atoms with Gasteiger partial charge in [0.25, 0.3) is 0 Å². The normalized spacial score (nSPS) is 11.4. The number of nitroso groups, excluding NO2 is 1. The molecule has 0 atom stereocenters. The van der Waals surface area contributed by atoms with E-state index >= 15 is 0 Å². The number of benzene rings is 2. The van der Waals surface area contributed by atoms with Crippen molar-refractivity contribution in [3.63, 3.8) is 0 Å². The summed E-state index contributed by atoms with van der Waals surface area (Å²) in [6.07, 6.45) is 6.79. The zero-order valence-corrected chi connectivity index (χ0v) is 19.1. The van der Waals surface area contributed by atoms with E-state index in [-0.39, 0.29) is 17.2 Å². The van der Waals surface area contributed by atoms with Crippen molar-refractivity contribution in [2.24, 2.45) is 5.18 Å². The van der Waals surface area contributed by atoms with E-state index in [0.717, 1.165) is 6.08 Å². The van der Waals surface area contributed by atoms with Gasteiger partial charge in [-0.15, -0.1) is 4.91 Å². The van der Waals surface area contributed by atoms with Gasteiger partial charge in [0.2, 0.25) is 0 Å². The molecular formula is C25H23NO8. The molecule has 0 aliphatic carbocycles. The van der Waals surface area contributed by atoms with E-state index in [4.69, 9.17) is 18.9 Å². The van der Waals surface area contributed by atoms with Crippen molar-refractivity contribution in [1.82, 2.24) is 0 Å². The maximum atomic E-state index is 12.2. The Morgan fingerprint density at radius 1 is 0.735 bits per heavy atom. The Balaban J connectivity index is 2.14. The number of carbonyl (C=O) groups is 3. The van der Waals surface area contributed by atoms with Gasteiger partial charge in [-0.05, 0) is 52.7 Å². The van der Waals surface area contributed by atoms with Crippen LogP contribution in [0.15, 0.2) is 65.5 Å². The predicted octanol–water partition coefficient (Wildman–Crippen LogP) is 4.50. The lowest BCUT2D eigenvalue weighted by molar-refractivity contribution is -0.132. The number of hydrogen-bond donors (Lipinski definition) is 0. The molecule has 0 heterocycles. The minimum Gasteiger partial charge on any atom is -0.493 e. The van der Waals surface area contributed by atoms with Crippen LogP contribution in [0.5, 0.6) is 23.0 Å². The van der Waals surface area contributed by atoms with Crippen LogP contribution in [-0.2, 0) is 14.4 Å². The van der Waals surface area contributed by atoms with Crippen molar-refractivity contribution >= 4 is 29.9 Å². The van der Waals surface area contributed by atoms with Crippen LogP contribution in [0.1, 0.15) is 25.0 Å². The lowest BCUT2D eigenvalue weighted by Crippen LogP contribution is -2.03. The van der Waals surface area contributed by atoms with Gasteiger partial charge in [-0.2, -0.15) is 0 Å². The highest BCUT2D eigenvalue weighted by Crippen LogP contribution is 2.29. The van der Waals surface area contributed by atoms with Gasteiger partial charge in [0, 0.05) is 19.9 Å². The molecule has 0 bridgehead atoms. The Bertz CT molecular complexity index is 1180. The SMILES string of the molecule is COc1cc(/C=C/C(=O)/C=C(/C=C/c2ccc(OC(C)=O)c(OC)c2)N=O)ccc1OC(C)=O. The molecule has 2 aromatic rings. The van der Waals surface area contributed by atoms with Crippen LogP contribution in [0, 0.1) is 4.91 Å². The van der Waals surface area contributed by atoms with E-state index in [0.29, 0.717) is 22.6 Å². The van der Waals surface area contributed by atoms with Crippen LogP contribution in [0.2, 0.25) is 0 Å². The largest absolute Gasteiger partial charge is 0.493 e. The third-order valence-electron chi connectivity index (χ3n) is 4.16. The second-order valence-electron chi connectivity index (χ2n) is 6.74. The summed E-state index contributed by atoms with van der Waals surface area (Å²) in [5.74, 6) is -0.262. The predicted molar refractivity (Wildman–Crippen MR) is 126 cm³/mol. The van der Waals surface area contributed by atoms with Gasteiger partial charge in [-0.1, -0.05) is 24.3 Å². The lowest BCUT2D eigenvalue weighted by Gasteiger charge is -2.08. The number of ketones is 1. The van der Waals surface area contributed by atoms with Crippen molar-refractivity contribution in [3.05, 3.63) is 76.4 Å². The molecule has 0 saturated carbocycles. The Morgan fingerprint density at radius 3 is 1.62 bits per heavy atom. The first kappa shape index (κ1) is 25.7. The summed E-state index contributed by atoms with van der Waals surface area (Å²) in [6, 6.07) is 9.58. The molecule has 0 fully saturated rings. The maximum Gasteiger partial charge on any atom is 0.308 e. The highest BCUT2D eigenvalue weighted by Gasteiger charge is 2.08. The summed E-state index contributed by atoms with van der Waals surface area (Å²) < 4.78 is 20.5. The van der Waals surface area contributed by atoms with Gasteiger partial charge in [0.1, 0.15) is 5.70 Å². The summed E-state index contributed by atoms with van der Waals surface area (Å²) in [5, 5.41) is 2.86. The van der Waals surface area contributed by atoms with Crippen LogP contribution in [-0.4, -0.2) is 31.9 Å². The number of esters is 2. The fourth-order valence-electron chi connectivity index (χ4n) is 2.71. The molecule has 0 N–H and O–H groups in total. The van der Waals surface area contributed by atoms with Gasteiger partial charge >= 0.3 is 11.9 Å². The second kappa shape index (κ2) is 12.5. The Kier molecular flexibility index (Phi) is 9.45. The van der Waals surface area contributed by atoms with E-state index in [1.54, 1.807) is 42.5 Å². The zero-order chi connectivity index (χ0) is 25.1. The van der Waals surface area contributed by atoms with Crippen molar-refractivity contribution in [3.8, 4) is 23.0 Å². The molecule has 0 amide bonds. The molecule has 9 heteroatoms. The summed E-state index contributed by atoms with van der Waals surface area (Å²) in [5.41, 5.74) is 1.15. The first-order valence-electron chi connectivity index (χ1n) is 9.93. The van der Waals surface area contributed by atoms with Gasteiger partial charge in [-0.3, -0.25) is 14.4 Å². The average Bonchev–Trinajstić information content (AvgIpc) is 2.80. The van der Waals surface area contributed by atoms with Crippen LogP contribution < -0.4 is 18.9 Å². The van der Waals surface area contributed by atoms with E-state index in [9.17, 15) is 19.3 Å². The highest BCUT2D eigenvalue weighted by atomic mass is 16.6. The van der Waals surface area contributed by atoms with E-state index < -0.39 is 17.7 Å².